The number of hydrogen-bond acceptors (Lipinski definition) is 5. The number of benzene rings is 1. The molecule has 132 valence electrons. The number of anilines is 2. The Morgan fingerprint density at radius 3 is 2.76 bits per heavy atom. The molecule has 1 aromatic heterocycles. The Balaban J connectivity index is 1.72. The molecule has 6 nitrogen and oxygen atoms in total. The first kappa shape index (κ1) is 17.2. The van der Waals surface area contributed by atoms with Gasteiger partial charge in [0.25, 0.3) is 5.91 Å². The third-order valence-electron chi connectivity index (χ3n) is 4.43. The topological polar surface area (TPSA) is 76.1 Å². The summed E-state index contributed by atoms with van der Waals surface area (Å²) in [6, 6.07) is 7.65. The highest BCUT2D eigenvalue weighted by Crippen LogP contribution is 2.25. The van der Waals surface area contributed by atoms with Gasteiger partial charge in [-0.3, -0.25) is 4.79 Å². The summed E-state index contributed by atoms with van der Waals surface area (Å²) in [6.07, 6.45) is 7.61. The standard InChI is InChI=1S/C19H24N4O2/c1-13-8-9-17(25-2)16(12-13)22-18(24)15-10-11-20-19(23-15)21-14-6-4-3-5-7-14/h8-12,14H,3-7H2,1-2H3,(H,22,24)(H,20,21,23). The molecule has 1 amide bonds. The maximum atomic E-state index is 12.6. The second-order valence-electron chi connectivity index (χ2n) is 6.40. The van der Waals surface area contributed by atoms with Gasteiger partial charge in [0, 0.05) is 12.2 Å². The van der Waals surface area contributed by atoms with Crippen molar-refractivity contribution in [1.82, 2.24) is 9.97 Å². The molecule has 0 spiro atoms. The Morgan fingerprint density at radius 2 is 2.00 bits per heavy atom. The van der Waals surface area contributed by atoms with E-state index in [-0.39, 0.29) is 5.91 Å². The van der Waals surface area contributed by atoms with E-state index in [1.54, 1.807) is 19.4 Å². The fourth-order valence-electron chi connectivity index (χ4n) is 3.09. The van der Waals surface area contributed by atoms with E-state index in [9.17, 15) is 4.79 Å². The number of amides is 1. The summed E-state index contributed by atoms with van der Waals surface area (Å²) >= 11 is 0. The van der Waals surface area contributed by atoms with E-state index in [0.717, 1.165) is 18.4 Å². The SMILES string of the molecule is COc1ccc(C)cc1NC(=O)c1ccnc(NC2CCCCC2)n1. The van der Waals surface area contributed by atoms with E-state index in [4.69, 9.17) is 4.74 Å². The van der Waals surface area contributed by atoms with Gasteiger partial charge >= 0.3 is 0 Å². The Morgan fingerprint density at radius 1 is 1.20 bits per heavy atom. The molecular formula is C19H24N4O2. The van der Waals surface area contributed by atoms with Crippen LogP contribution in [0, 0.1) is 6.92 Å². The molecule has 0 atom stereocenters. The van der Waals surface area contributed by atoms with Gasteiger partial charge in [-0.25, -0.2) is 9.97 Å². The molecule has 2 N–H and O–H groups in total. The van der Waals surface area contributed by atoms with Crippen molar-refractivity contribution in [2.24, 2.45) is 0 Å². The third kappa shape index (κ3) is 4.47. The molecule has 3 rings (SSSR count). The monoisotopic (exact) mass is 340 g/mol. The van der Waals surface area contributed by atoms with Crippen molar-refractivity contribution >= 4 is 17.5 Å². The van der Waals surface area contributed by atoms with Crippen molar-refractivity contribution in [3.8, 4) is 5.75 Å². The Bertz CT molecular complexity index is 742. The van der Waals surface area contributed by atoms with Crippen LogP contribution in [0.2, 0.25) is 0 Å². The van der Waals surface area contributed by atoms with Crippen LogP contribution in [0.3, 0.4) is 0 Å². The number of carbonyl (C=O) groups is 1. The molecule has 0 radical (unpaired) electrons. The normalized spacial score (nSPS) is 14.8. The zero-order chi connectivity index (χ0) is 17.6. The van der Waals surface area contributed by atoms with Gasteiger partial charge in [0.2, 0.25) is 5.95 Å². The first-order valence-electron chi connectivity index (χ1n) is 8.71. The molecule has 0 bridgehead atoms. The van der Waals surface area contributed by atoms with E-state index in [1.165, 1.54) is 19.3 Å². The lowest BCUT2D eigenvalue weighted by Gasteiger charge is -2.22. The largest absolute Gasteiger partial charge is 0.495 e. The van der Waals surface area contributed by atoms with Crippen LogP contribution in [0.1, 0.15) is 48.2 Å². The van der Waals surface area contributed by atoms with Crippen LogP contribution in [0.4, 0.5) is 11.6 Å². The highest BCUT2D eigenvalue weighted by molar-refractivity contribution is 6.03. The van der Waals surface area contributed by atoms with Crippen LogP contribution < -0.4 is 15.4 Å². The smallest absolute Gasteiger partial charge is 0.274 e. The first-order valence-corrected chi connectivity index (χ1v) is 8.71. The molecule has 1 fully saturated rings. The fourth-order valence-corrected chi connectivity index (χ4v) is 3.09. The van der Waals surface area contributed by atoms with E-state index >= 15 is 0 Å². The summed E-state index contributed by atoms with van der Waals surface area (Å²) in [5, 5.41) is 6.21. The van der Waals surface area contributed by atoms with Crippen LogP contribution in [0.15, 0.2) is 30.5 Å². The highest BCUT2D eigenvalue weighted by Gasteiger charge is 2.16. The number of methoxy groups -OCH3 is 1. The van der Waals surface area contributed by atoms with Crippen LogP contribution in [-0.4, -0.2) is 29.0 Å². The molecule has 0 aliphatic heterocycles. The van der Waals surface area contributed by atoms with Crippen molar-refractivity contribution in [3.63, 3.8) is 0 Å². The molecule has 1 saturated carbocycles. The van der Waals surface area contributed by atoms with Crippen LogP contribution >= 0.6 is 0 Å². The lowest BCUT2D eigenvalue weighted by Crippen LogP contribution is -2.24. The number of carbonyl (C=O) groups excluding carboxylic acids is 1. The van der Waals surface area contributed by atoms with Crippen LogP contribution in [0.5, 0.6) is 5.75 Å². The summed E-state index contributed by atoms with van der Waals surface area (Å²) in [6.45, 7) is 1.96. The summed E-state index contributed by atoms with van der Waals surface area (Å²) < 4.78 is 5.30. The molecule has 0 unspecified atom stereocenters. The second-order valence-corrected chi connectivity index (χ2v) is 6.40. The van der Waals surface area contributed by atoms with Crippen molar-refractivity contribution in [1.29, 1.82) is 0 Å². The Hall–Kier alpha value is -2.63. The van der Waals surface area contributed by atoms with Gasteiger partial charge in [0.15, 0.2) is 0 Å². The zero-order valence-corrected chi connectivity index (χ0v) is 14.7. The number of nitrogens with one attached hydrogen (secondary N) is 2. The van der Waals surface area contributed by atoms with Gasteiger partial charge in [-0.15, -0.1) is 0 Å². The molecule has 6 heteroatoms. The number of ether oxygens (including phenoxy) is 1. The predicted octanol–water partition coefficient (Wildman–Crippen LogP) is 3.79. The maximum Gasteiger partial charge on any atom is 0.274 e. The molecule has 1 aliphatic rings. The second kappa shape index (κ2) is 7.96. The van der Waals surface area contributed by atoms with Gasteiger partial charge in [-0.2, -0.15) is 0 Å². The van der Waals surface area contributed by atoms with Crippen molar-refractivity contribution in [2.45, 2.75) is 45.1 Å². The number of nitrogens with zero attached hydrogens (tertiary/aromatic N) is 2. The average Bonchev–Trinajstić information content (AvgIpc) is 2.63. The number of hydrogen-bond donors (Lipinski definition) is 2. The Labute approximate surface area is 148 Å². The fraction of sp³-hybridized carbons (Fsp3) is 0.421. The molecule has 2 aromatic rings. The third-order valence-corrected chi connectivity index (χ3v) is 4.43. The van der Waals surface area contributed by atoms with Crippen molar-refractivity contribution in [2.75, 3.05) is 17.7 Å². The minimum absolute atomic E-state index is 0.280. The lowest BCUT2D eigenvalue weighted by atomic mass is 9.96. The van der Waals surface area contributed by atoms with Crippen LogP contribution in [0.25, 0.3) is 0 Å². The van der Waals surface area contributed by atoms with Gasteiger partial charge in [0.05, 0.1) is 12.8 Å². The van der Waals surface area contributed by atoms with Gasteiger partial charge in [0.1, 0.15) is 11.4 Å². The quantitative estimate of drug-likeness (QED) is 0.866. The maximum absolute atomic E-state index is 12.6. The molecule has 1 aliphatic carbocycles. The lowest BCUT2D eigenvalue weighted by molar-refractivity contribution is 0.102. The van der Waals surface area contributed by atoms with Crippen LogP contribution in [-0.2, 0) is 0 Å². The molecule has 25 heavy (non-hydrogen) atoms. The van der Waals surface area contributed by atoms with Gasteiger partial charge < -0.3 is 15.4 Å². The summed E-state index contributed by atoms with van der Waals surface area (Å²) in [7, 11) is 1.58. The number of rotatable bonds is 5. The summed E-state index contributed by atoms with van der Waals surface area (Å²) in [5.74, 6) is 0.849. The molecule has 1 heterocycles. The van der Waals surface area contributed by atoms with Crippen molar-refractivity contribution < 1.29 is 9.53 Å². The zero-order valence-electron chi connectivity index (χ0n) is 14.7. The number of aryl methyl sites for hydroxylation is 1. The van der Waals surface area contributed by atoms with E-state index in [0.29, 0.717) is 29.1 Å². The first-order chi connectivity index (χ1) is 12.2. The van der Waals surface area contributed by atoms with Crippen molar-refractivity contribution in [3.05, 3.63) is 41.7 Å². The molecular weight excluding hydrogens is 316 g/mol. The highest BCUT2D eigenvalue weighted by atomic mass is 16.5. The average molecular weight is 340 g/mol. The summed E-state index contributed by atoms with van der Waals surface area (Å²) in [4.78, 5) is 21.2. The minimum Gasteiger partial charge on any atom is -0.495 e. The summed E-state index contributed by atoms with van der Waals surface area (Å²) in [5.41, 5.74) is 2.00. The molecule has 0 saturated heterocycles. The molecule has 1 aromatic carbocycles. The minimum atomic E-state index is -0.280. The Kier molecular flexibility index (Phi) is 5.48. The van der Waals surface area contributed by atoms with Gasteiger partial charge in [-0.1, -0.05) is 25.3 Å². The van der Waals surface area contributed by atoms with E-state index in [2.05, 4.69) is 20.6 Å². The van der Waals surface area contributed by atoms with Gasteiger partial charge in [-0.05, 0) is 43.5 Å². The number of aromatic nitrogens is 2. The van der Waals surface area contributed by atoms with E-state index < -0.39 is 0 Å². The van der Waals surface area contributed by atoms with E-state index in [1.807, 2.05) is 25.1 Å². The predicted molar refractivity (Wildman–Crippen MR) is 98.2 cm³/mol.